The number of rotatable bonds is 7. The van der Waals surface area contributed by atoms with Crippen molar-refractivity contribution < 1.29 is 4.79 Å². The molecule has 0 atom stereocenters. The van der Waals surface area contributed by atoms with Crippen LogP contribution in [-0.4, -0.2) is 48.1 Å². The second kappa shape index (κ2) is 10.4. The molecule has 0 bridgehead atoms. The molecule has 0 aromatic carbocycles. The highest BCUT2D eigenvalue weighted by molar-refractivity contribution is 7.10. The average molecular weight is 443 g/mol. The fourth-order valence-corrected chi connectivity index (χ4v) is 5.15. The number of allylic oxidation sites excluding steroid dienone is 1. The summed E-state index contributed by atoms with van der Waals surface area (Å²) in [5.41, 5.74) is 5.52. The van der Waals surface area contributed by atoms with E-state index in [0.717, 1.165) is 55.6 Å². The number of hydrazine groups is 1. The van der Waals surface area contributed by atoms with Crippen molar-refractivity contribution in [2.75, 3.05) is 27.2 Å². The number of nitrogens with one attached hydrogen (secondary N) is 2. The van der Waals surface area contributed by atoms with Crippen molar-refractivity contribution in [2.45, 2.75) is 53.0 Å². The zero-order chi connectivity index (χ0) is 22.5. The standard InChI is InChI=1S/C24H34N4O2S/c1-16-13-17(2)26-24(30)20(16)14-25-23(29)21-15-31-22(18(21)3)8-6-7-19-9-11-28(12-10-19)27(4)5/h7,13,15H,6,8-12,14H2,1-5H3,(H,25,29)(H,26,30). The van der Waals surface area contributed by atoms with Gasteiger partial charge in [0.1, 0.15) is 0 Å². The lowest BCUT2D eigenvalue weighted by Gasteiger charge is -2.33. The molecule has 1 fully saturated rings. The zero-order valence-electron chi connectivity index (χ0n) is 19.3. The van der Waals surface area contributed by atoms with Crippen LogP contribution in [0.2, 0.25) is 0 Å². The number of aromatic amines is 1. The molecule has 1 amide bonds. The molecule has 2 N–H and O–H groups in total. The smallest absolute Gasteiger partial charge is 0.253 e. The van der Waals surface area contributed by atoms with E-state index in [4.69, 9.17) is 0 Å². The minimum Gasteiger partial charge on any atom is -0.348 e. The molecule has 168 valence electrons. The molecular formula is C24H34N4O2S. The Kier molecular flexibility index (Phi) is 7.86. The second-order valence-electron chi connectivity index (χ2n) is 8.53. The third kappa shape index (κ3) is 5.93. The Morgan fingerprint density at radius 3 is 2.61 bits per heavy atom. The summed E-state index contributed by atoms with van der Waals surface area (Å²) in [7, 11) is 4.20. The van der Waals surface area contributed by atoms with Gasteiger partial charge in [0, 0.05) is 55.2 Å². The Hall–Kier alpha value is -2.22. The quantitative estimate of drug-likeness (QED) is 0.641. The number of piperidine rings is 1. The van der Waals surface area contributed by atoms with Crippen LogP contribution in [0.25, 0.3) is 0 Å². The van der Waals surface area contributed by atoms with Crippen LogP contribution in [0.15, 0.2) is 27.9 Å². The normalized spacial score (nSPS) is 14.8. The minimum atomic E-state index is -0.134. The number of pyridine rings is 1. The van der Waals surface area contributed by atoms with Crippen LogP contribution in [0.5, 0.6) is 0 Å². The van der Waals surface area contributed by atoms with Gasteiger partial charge in [-0.3, -0.25) is 9.59 Å². The van der Waals surface area contributed by atoms with Gasteiger partial charge in [0.2, 0.25) is 0 Å². The fraction of sp³-hybridized carbons (Fsp3) is 0.500. The molecule has 6 nitrogen and oxygen atoms in total. The molecular weight excluding hydrogens is 408 g/mol. The first kappa shape index (κ1) is 23.4. The van der Waals surface area contributed by atoms with Crippen molar-refractivity contribution in [3.05, 3.63) is 66.3 Å². The van der Waals surface area contributed by atoms with Gasteiger partial charge in [-0.25, -0.2) is 10.0 Å². The third-order valence-corrected chi connectivity index (χ3v) is 7.21. The SMILES string of the molecule is Cc1cc(C)c(CNC(=O)c2csc(CCC=C3CCN(N(C)C)CC3)c2C)c(=O)[nH]1. The first-order valence-electron chi connectivity index (χ1n) is 10.9. The van der Waals surface area contributed by atoms with E-state index < -0.39 is 0 Å². The molecule has 0 saturated carbocycles. The Morgan fingerprint density at radius 1 is 1.26 bits per heavy atom. The first-order chi connectivity index (χ1) is 14.8. The van der Waals surface area contributed by atoms with Crippen molar-refractivity contribution in [1.29, 1.82) is 0 Å². The number of hydrogen-bond donors (Lipinski definition) is 2. The number of carbonyl (C=O) groups excluding carboxylic acids is 1. The molecule has 3 heterocycles. The molecule has 7 heteroatoms. The molecule has 31 heavy (non-hydrogen) atoms. The van der Waals surface area contributed by atoms with E-state index >= 15 is 0 Å². The summed E-state index contributed by atoms with van der Waals surface area (Å²) in [4.78, 5) is 28.9. The number of aromatic nitrogens is 1. The topological polar surface area (TPSA) is 68.4 Å². The molecule has 1 aliphatic heterocycles. The molecule has 1 aliphatic rings. The maximum atomic E-state index is 12.7. The predicted molar refractivity (Wildman–Crippen MR) is 128 cm³/mol. The van der Waals surface area contributed by atoms with Gasteiger partial charge in [-0.15, -0.1) is 11.3 Å². The van der Waals surface area contributed by atoms with Gasteiger partial charge in [-0.2, -0.15) is 0 Å². The van der Waals surface area contributed by atoms with Crippen LogP contribution in [0.1, 0.15) is 56.9 Å². The van der Waals surface area contributed by atoms with E-state index in [1.54, 1.807) is 16.9 Å². The molecule has 0 radical (unpaired) electrons. The van der Waals surface area contributed by atoms with Gasteiger partial charge < -0.3 is 10.3 Å². The fourth-order valence-electron chi connectivity index (χ4n) is 4.09. The summed E-state index contributed by atoms with van der Waals surface area (Å²) < 4.78 is 0. The van der Waals surface area contributed by atoms with Crippen molar-refractivity contribution in [3.63, 3.8) is 0 Å². The largest absolute Gasteiger partial charge is 0.348 e. The highest BCUT2D eigenvalue weighted by atomic mass is 32.1. The summed E-state index contributed by atoms with van der Waals surface area (Å²) in [6.07, 6.45) is 6.62. The van der Waals surface area contributed by atoms with E-state index in [2.05, 4.69) is 40.5 Å². The molecule has 0 unspecified atom stereocenters. The molecule has 0 aliphatic carbocycles. The van der Waals surface area contributed by atoms with Gasteiger partial charge >= 0.3 is 0 Å². The molecule has 3 rings (SSSR count). The van der Waals surface area contributed by atoms with Crippen molar-refractivity contribution in [1.82, 2.24) is 20.3 Å². The number of H-pyrrole nitrogens is 1. The summed E-state index contributed by atoms with van der Waals surface area (Å²) in [5.74, 6) is -0.117. The van der Waals surface area contributed by atoms with Crippen LogP contribution < -0.4 is 10.9 Å². The van der Waals surface area contributed by atoms with E-state index in [1.165, 1.54) is 4.88 Å². The van der Waals surface area contributed by atoms with Crippen LogP contribution in [-0.2, 0) is 13.0 Å². The van der Waals surface area contributed by atoms with E-state index in [0.29, 0.717) is 11.1 Å². The van der Waals surface area contributed by atoms with E-state index in [1.807, 2.05) is 32.2 Å². The number of hydrogen-bond acceptors (Lipinski definition) is 5. The highest BCUT2D eigenvalue weighted by Crippen LogP contribution is 2.25. The molecule has 2 aromatic rings. The van der Waals surface area contributed by atoms with Crippen molar-refractivity contribution in [3.8, 4) is 0 Å². The second-order valence-corrected chi connectivity index (χ2v) is 9.49. The zero-order valence-corrected chi connectivity index (χ0v) is 20.1. The predicted octanol–water partition coefficient (Wildman–Crippen LogP) is 3.72. The first-order valence-corrected chi connectivity index (χ1v) is 11.8. The van der Waals surface area contributed by atoms with Gasteiger partial charge in [0.25, 0.3) is 11.5 Å². The molecule has 1 saturated heterocycles. The Morgan fingerprint density at radius 2 is 1.97 bits per heavy atom. The number of amides is 1. The number of aryl methyl sites for hydroxylation is 3. The van der Waals surface area contributed by atoms with E-state index in [9.17, 15) is 9.59 Å². The average Bonchev–Trinajstić information content (AvgIpc) is 3.08. The molecule has 2 aromatic heterocycles. The summed E-state index contributed by atoms with van der Waals surface area (Å²) >= 11 is 1.65. The van der Waals surface area contributed by atoms with Gasteiger partial charge in [-0.1, -0.05) is 11.6 Å². The minimum absolute atomic E-state index is 0.117. The van der Waals surface area contributed by atoms with Crippen LogP contribution >= 0.6 is 11.3 Å². The summed E-state index contributed by atoms with van der Waals surface area (Å²) in [6.45, 7) is 8.19. The Bertz CT molecular complexity index is 1010. The summed E-state index contributed by atoms with van der Waals surface area (Å²) in [6, 6.07) is 1.93. The lowest BCUT2D eigenvalue weighted by molar-refractivity contribution is 0.0176. The van der Waals surface area contributed by atoms with E-state index in [-0.39, 0.29) is 18.0 Å². The van der Waals surface area contributed by atoms with Crippen LogP contribution in [0.4, 0.5) is 0 Å². The lowest BCUT2D eigenvalue weighted by atomic mass is 10.0. The van der Waals surface area contributed by atoms with Crippen molar-refractivity contribution >= 4 is 17.2 Å². The number of thiophene rings is 1. The highest BCUT2D eigenvalue weighted by Gasteiger charge is 2.17. The monoisotopic (exact) mass is 442 g/mol. The lowest BCUT2D eigenvalue weighted by Crippen LogP contribution is -2.41. The Labute approximate surface area is 188 Å². The molecule has 0 spiro atoms. The van der Waals surface area contributed by atoms with Crippen LogP contribution in [0.3, 0.4) is 0 Å². The number of nitrogens with zero attached hydrogens (tertiary/aromatic N) is 2. The summed E-state index contributed by atoms with van der Waals surface area (Å²) in [5, 5.41) is 9.41. The maximum Gasteiger partial charge on any atom is 0.253 e. The van der Waals surface area contributed by atoms with Crippen molar-refractivity contribution in [2.24, 2.45) is 0 Å². The number of carbonyl (C=O) groups is 1. The maximum absolute atomic E-state index is 12.7. The van der Waals surface area contributed by atoms with Gasteiger partial charge in [0.05, 0.1) is 5.56 Å². The van der Waals surface area contributed by atoms with Crippen LogP contribution in [0, 0.1) is 20.8 Å². The third-order valence-electron chi connectivity index (χ3n) is 6.06. The van der Waals surface area contributed by atoms with Gasteiger partial charge in [-0.05, 0) is 63.6 Å². The Balaban J connectivity index is 1.54. The van der Waals surface area contributed by atoms with Gasteiger partial charge in [0.15, 0.2) is 0 Å².